The van der Waals surface area contributed by atoms with Crippen LogP contribution in [-0.2, 0) is 4.74 Å². The van der Waals surface area contributed by atoms with Crippen molar-refractivity contribution in [1.29, 1.82) is 0 Å². The number of guanidine groups is 1. The van der Waals surface area contributed by atoms with E-state index in [9.17, 15) is 4.79 Å². The summed E-state index contributed by atoms with van der Waals surface area (Å²) >= 11 is 0. The fourth-order valence-corrected chi connectivity index (χ4v) is 3.08. The van der Waals surface area contributed by atoms with Gasteiger partial charge in [-0.2, -0.15) is 0 Å². The number of piperazine rings is 1. The van der Waals surface area contributed by atoms with Gasteiger partial charge in [0.05, 0.1) is 6.61 Å². The van der Waals surface area contributed by atoms with Crippen LogP contribution in [0.1, 0.15) is 13.3 Å². The second kappa shape index (κ2) is 10.2. The number of aliphatic imine (C=N–C) groups is 1. The molecule has 2 aliphatic heterocycles. The van der Waals surface area contributed by atoms with E-state index >= 15 is 0 Å². The zero-order chi connectivity index (χ0) is 15.9. The molecular weight excluding hydrogens is 409 g/mol. The molecular formula is C15H30IN5O2. The van der Waals surface area contributed by atoms with Gasteiger partial charge in [-0.15, -0.1) is 24.0 Å². The highest BCUT2D eigenvalue weighted by molar-refractivity contribution is 14.0. The van der Waals surface area contributed by atoms with Crippen LogP contribution < -0.4 is 5.32 Å². The predicted molar refractivity (Wildman–Crippen MR) is 103 cm³/mol. The number of nitrogens with zero attached hydrogens (tertiary/aromatic N) is 4. The molecule has 0 bridgehead atoms. The first-order chi connectivity index (χ1) is 10.6. The second-order valence-corrected chi connectivity index (χ2v) is 6.02. The summed E-state index contributed by atoms with van der Waals surface area (Å²) < 4.78 is 5.05. The molecule has 2 aliphatic rings. The van der Waals surface area contributed by atoms with Crippen LogP contribution in [0.25, 0.3) is 0 Å². The van der Waals surface area contributed by atoms with Crippen molar-refractivity contribution in [2.45, 2.75) is 13.3 Å². The molecule has 0 spiro atoms. The largest absolute Gasteiger partial charge is 0.450 e. The number of likely N-dealkylation sites (tertiary alicyclic amines) is 1. The SMILES string of the molecule is CCOC(=O)N1CCN(C(=NC)NCC2CCN(C)C2)CC1.I. The number of halogens is 1. The molecule has 0 aromatic carbocycles. The van der Waals surface area contributed by atoms with E-state index in [1.807, 2.05) is 14.0 Å². The number of hydrogen-bond acceptors (Lipinski definition) is 4. The summed E-state index contributed by atoms with van der Waals surface area (Å²) in [7, 11) is 3.99. The van der Waals surface area contributed by atoms with Crippen molar-refractivity contribution in [3.63, 3.8) is 0 Å². The Balaban J connectivity index is 0.00000264. The zero-order valence-electron chi connectivity index (χ0n) is 14.5. The molecule has 1 unspecified atom stereocenters. The average Bonchev–Trinajstić information content (AvgIpc) is 2.94. The van der Waals surface area contributed by atoms with Gasteiger partial charge in [-0.1, -0.05) is 0 Å². The number of rotatable bonds is 3. The van der Waals surface area contributed by atoms with E-state index in [2.05, 4.69) is 27.2 Å². The normalized spacial score (nSPS) is 22.7. The van der Waals surface area contributed by atoms with E-state index in [0.29, 0.717) is 25.6 Å². The Morgan fingerprint density at radius 2 is 1.87 bits per heavy atom. The highest BCUT2D eigenvalue weighted by atomic mass is 127. The van der Waals surface area contributed by atoms with Crippen molar-refractivity contribution in [1.82, 2.24) is 20.0 Å². The molecule has 2 saturated heterocycles. The van der Waals surface area contributed by atoms with Crippen LogP contribution in [0.4, 0.5) is 4.79 Å². The van der Waals surface area contributed by atoms with E-state index in [-0.39, 0.29) is 30.1 Å². The lowest BCUT2D eigenvalue weighted by Crippen LogP contribution is -2.54. The van der Waals surface area contributed by atoms with Crippen LogP contribution >= 0.6 is 24.0 Å². The molecule has 0 radical (unpaired) electrons. The van der Waals surface area contributed by atoms with E-state index < -0.39 is 0 Å². The summed E-state index contributed by atoms with van der Waals surface area (Å²) in [5.74, 6) is 1.64. The molecule has 1 atom stereocenters. The van der Waals surface area contributed by atoms with E-state index in [0.717, 1.165) is 32.1 Å². The number of carbonyl (C=O) groups excluding carboxylic acids is 1. The maximum Gasteiger partial charge on any atom is 0.409 e. The Bertz CT molecular complexity index is 399. The maximum absolute atomic E-state index is 11.7. The van der Waals surface area contributed by atoms with Crippen LogP contribution in [0.5, 0.6) is 0 Å². The van der Waals surface area contributed by atoms with Gasteiger partial charge in [-0.25, -0.2) is 4.79 Å². The van der Waals surface area contributed by atoms with Crippen molar-refractivity contribution >= 4 is 36.0 Å². The lowest BCUT2D eigenvalue weighted by molar-refractivity contribution is 0.0914. The molecule has 1 N–H and O–H groups in total. The zero-order valence-corrected chi connectivity index (χ0v) is 16.8. The van der Waals surface area contributed by atoms with Gasteiger partial charge in [-0.3, -0.25) is 4.99 Å². The van der Waals surface area contributed by atoms with Crippen LogP contribution in [0.2, 0.25) is 0 Å². The molecule has 1 amide bonds. The molecule has 8 heteroatoms. The van der Waals surface area contributed by atoms with Crippen molar-refractivity contribution < 1.29 is 9.53 Å². The average molecular weight is 439 g/mol. The van der Waals surface area contributed by atoms with E-state index in [1.54, 1.807) is 4.90 Å². The van der Waals surface area contributed by atoms with Crippen LogP contribution in [0, 0.1) is 5.92 Å². The Kier molecular flexibility index (Phi) is 8.96. The molecule has 7 nitrogen and oxygen atoms in total. The first-order valence-corrected chi connectivity index (χ1v) is 8.19. The van der Waals surface area contributed by atoms with Crippen molar-refractivity contribution in [2.75, 3.05) is 66.5 Å². The highest BCUT2D eigenvalue weighted by Gasteiger charge is 2.25. The standard InChI is InChI=1S/C15H29N5O2.HI/c1-4-22-15(21)20-9-7-19(8-10-20)14(16-2)17-11-13-5-6-18(3)12-13;/h13H,4-12H2,1-3H3,(H,16,17);1H. The monoisotopic (exact) mass is 439 g/mol. The first kappa shape index (κ1) is 20.3. The maximum atomic E-state index is 11.7. The number of carbonyl (C=O) groups is 1. The van der Waals surface area contributed by atoms with Gasteiger partial charge in [0.1, 0.15) is 0 Å². The molecule has 0 saturated carbocycles. The summed E-state index contributed by atoms with van der Waals surface area (Å²) in [6.07, 6.45) is 1.04. The first-order valence-electron chi connectivity index (χ1n) is 8.19. The summed E-state index contributed by atoms with van der Waals surface area (Å²) in [6.45, 7) is 8.53. The summed E-state index contributed by atoms with van der Waals surface area (Å²) in [4.78, 5) is 22.4. The topological polar surface area (TPSA) is 60.4 Å². The lowest BCUT2D eigenvalue weighted by atomic mass is 10.1. The van der Waals surface area contributed by atoms with Gasteiger partial charge >= 0.3 is 6.09 Å². The minimum absolute atomic E-state index is 0. The van der Waals surface area contributed by atoms with Gasteiger partial charge in [0.15, 0.2) is 5.96 Å². The Hall–Kier alpha value is -0.770. The van der Waals surface area contributed by atoms with Crippen molar-refractivity contribution in [3.8, 4) is 0 Å². The summed E-state index contributed by atoms with van der Waals surface area (Å²) in [5, 5.41) is 3.49. The number of nitrogens with one attached hydrogen (secondary N) is 1. The fraction of sp³-hybridized carbons (Fsp3) is 0.867. The van der Waals surface area contributed by atoms with Crippen LogP contribution in [0.15, 0.2) is 4.99 Å². The minimum Gasteiger partial charge on any atom is -0.450 e. The highest BCUT2D eigenvalue weighted by Crippen LogP contribution is 2.13. The summed E-state index contributed by atoms with van der Waals surface area (Å²) in [6, 6.07) is 0. The summed E-state index contributed by atoms with van der Waals surface area (Å²) in [5.41, 5.74) is 0. The quantitative estimate of drug-likeness (QED) is 0.403. The smallest absolute Gasteiger partial charge is 0.409 e. The molecule has 0 aliphatic carbocycles. The number of ether oxygens (including phenoxy) is 1. The van der Waals surface area contributed by atoms with Gasteiger partial charge in [-0.05, 0) is 32.9 Å². The molecule has 134 valence electrons. The minimum atomic E-state index is -0.209. The van der Waals surface area contributed by atoms with Crippen molar-refractivity contribution in [3.05, 3.63) is 0 Å². The molecule has 23 heavy (non-hydrogen) atoms. The third-order valence-corrected chi connectivity index (χ3v) is 4.35. The number of hydrogen-bond donors (Lipinski definition) is 1. The van der Waals surface area contributed by atoms with Crippen LogP contribution in [-0.4, -0.2) is 93.3 Å². The van der Waals surface area contributed by atoms with Gasteiger partial charge in [0.2, 0.25) is 0 Å². The molecule has 0 aromatic heterocycles. The van der Waals surface area contributed by atoms with E-state index in [1.165, 1.54) is 13.0 Å². The number of amides is 1. The lowest BCUT2D eigenvalue weighted by Gasteiger charge is -2.36. The molecule has 0 aromatic rings. The van der Waals surface area contributed by atoms with E-state index in [4.69, 9.17) is 4.74 Å². The molecule has 2 heterocycles. The van der Waals surface area contributed by atoms with Crippen LogP contribution in [0.3, 0.4) is 0 Å². The Morgan fingerprint density at radius 3 is 2.39 bits per heavy atom. The van der Waals surface area contributed by atoms with Gasteiger partial charge in [0, 0.05) is 46.3 Å². The third kappa shape index (κ3) is 5.98. The second-order valence-electron chi connectivity index (χ2n) is 6.02. The molecule has 2 rings (SSSR count). The Labute approximate surface area is 156 Å². The molecule has 2 fully saturated rings. The van der Waals surface area contributed by atoms with Gasteiger partial charge in [0.25, 0.3) is 0 Å². The van der Waals surface area contributed by atoms with Crippen molar-refractivity contribution in [2.24, 2.45) is 10.9 Å². The predicted octanol–water partition coefficient (Wildman–Crippen LogP) is 0.906. The third-order valence-electron chi connectivity index (χ3n) is 4.35. The van der Waals surface area contributed by atoms with Gasteiger partial charge < -0.3 is 24.8 Å². The Morgan fingerprint density at radius 1 is 1.22 bits per heavy atom. The fourth-order valence-electron chi connectivity index (χ4n) is 3.08.